The van der Waals surface area contributed by atoms with Crippen LogP contribution in [0.15, 0.2) is 0 Å². The first kappa shape index (κ1) is 8.10. The van der Waals surface area contributed by atoms with Crippen LogP contribution in [0.4, 0.5) is 0 Å². The number of rotatable bonds is 5. The smallest absolute Gasteiger partial charge is 0.0241 e. The van der Waals surface area contributed by atoms with E-state index in [9.17, 15) is 0 Å². The number of unbranched alkanes of at least 4 members (excludes halogenated alkanes) is 3. The van der Waals surface area contributed by atoms with Gasteiger partial charge in [0.1, 0.15) is 0 Å². The van der Waals surface area contributed by atoms with Crippen molar-refractivity contribution in [1.29, 1.82) is 0 Å². The lowest BCUT2D eigenvalue weighted by Crippen LogP contribution is -2.07. The third-order valence-electron chi connectivity index (χ3n) is 2.44. The lowest BCUT2D eigenvalue weighted by molar-refractivity contribution is 0.483. The van der Waals surface area contributed by atoms with Gasteiger partial charge in [-0.2, -0.15) is 0 Å². The molecule has 1 rings (SSSR count). The maximum Gasteiger partial charge on any atom is -0.0241 e. The lowest BCUT2D eigenvalue weighted by Gasteiger charge is -2.24. The molecule has 0 aromatic carbocycles. The van der Waals surface area contributed by atoms with Gasteiger partial charge in [0.15, 0.2) is 0 Å². The van der Waals surface area contributed by atoms with Crippen LogP contribution in [0.3, 0.4) is 0 Å². The minimum absolute atomic E-state index is 1.37. The molecule has 0 unspecified atom stereocenters. The fourth-order valence-corrected chi connectivity index (χ4v) is 1.48. The summed E-state index contributed by atoms with van der Waals surface area (Å²) in [5, 5.41) is 0. The van der Waals surface area contributed by atoms with Gasteiger partial charge < -0.3 is 0 Å². The van der Waals surface area contributed by atoms with E-state index in [2.05, 4.69) is 6.92 Å². The second-order valence-electron chi connectivity index (χ2n) is 3.41. The van der Waals surface area contributed by atoms with Gasteiger partial charge in [-0.25, -0.2) is 0 Å². The molecule has 0 atom stereocenters. The Kier molecular flexibility index (Phi) is 3.86. The SMILES string of the molecule is CCCCCC[C]1CCC1. The van der Waals surface area contributed by atoms with E-state index in [0.29, 0.717) is 0 Å². The summed E-state index contributed by atoms with van der Waals surface area (Å²) in [7, 11) is 0. The third-order valence-corrected chi connectivity index (χ3v) is 2.44. The van der Waals surface area contributed by atoms with Crippen molar-refractivity contribution in [2.45, 2.75) is 58.3 Å². The summed E-state index contributed by atoms with van der Waals surface area (Å²) in [6, 6.07) is 0. The molecule has 1 radical (unpaired) electrons. The van der Waals surface area contributed by atoms with Gasteiger partial charge >= 0.3 is 0 Å². The molecule has 1 saturated carbocycles. The van der Waals surface area contributed by atoms with E-state index < -0.39 is 0 Å². The van der Waals surface area contributed by atoms with Gasteiger partial charge in [-0.1, -0.05) is 39.0 Å². The Morgan fingerprint density at radius 3 is 2.40 bits per heavy atom. The third kappa shape index (κ3) is 2.72. The first-order valence-corrected chi connectivity index (χ1v) is 4.77. The van der Waals surface area contributed by atoms with E-state index in [-0.39, 0.29) is 0 Å². The first-order valence-electron chi connectivity index (χ1n) is 4.77. The Hall–Kier alpha value is 0. The number of hydrogen-bond acceptors (Lipinski definition) is 0. The standard InChI is InChI=1S/C10H19/c1-2-3-4-5-7-10-8-6-9-10/h2-9H2,1H3. The Morgan fingerprint density at radius 1 is 1.10 bits per heavy atom. The topological polar surface area (TPSA) is 0 Å². The highest BCUT2D eigenvalue weighted by Crippen LogP contribution is 2.33. The van der Waals surface area contributed by atoms with Gasteiger partial charge in [-0.05, 0) is 25.2 Å². The predicted molar refractivity (Wildman–Crippen MR) is 45.9 cm³/mol. The molecule has 0 nitrogen and oxygen atoms in total. The first-order chi connectivity index (χ1) is 4.93. The Balaban J connectivity index is 1.76. The highest BCUT2D eigenvalue weighted by atomic mass is 14.2. The highest BCUT2D eigenvalue weighted by molar-refractivity contribution is 4.97. The number of hydrogen-bond donors (Lipinski definition) is 0. The Labute approximate surface area is 65.0 Å². The van der Waals surface area contributed by atoms with Crippen LogP contribution in [0.5, 0.6) is 0 Å². The van der Waals surface area contributed by atoms with Crippen molar-refractivity contribution < 1.29 is 0 Å². The van der Waals surface area contributed by atoms with Crippen molar-refractivity contribution in [3.05, 3.63) is 5.92 Å². The van der Waals surface area contributed by atoms with E-state index >= 15 is 0 Å². The largest absolute Gasteiger partial charge is 0.0654 e. The van der Waals surface area contributed by atoms with E-state index in [0.717, 1.165) is 0 Å². The molecule has 0 saturated heterocycles. The van der Waals surface area contributed by atoms with Crippen LogP contribution < -0.4 is 0 Å². The van der Waals surface area contributed by atoms with Gasteiger partial charge in [0, 0.05) is 0 Å². The lowest BCUT2D eigenvalue weighted by atomic mass is 9.82. The molecular weight excluding hydrogens is 120 g/mol. The summed E-state index contributed by atoms with van der Waals surface area (Å²) in [6.45, 7) is 2.27. The van der Waals surface area contributed by atoms with E-state index in [4.69, 9.17) is 0 Å². The van der Waals surface area contributed by atoms with Crippen LogP contribution >= 0.6 is 0 Å². The van der Waals surface area contributed by atoms with Crippen molar-refractivity contribution >= 4 is 0 Å². The minimum Gasteiger partial charge on any atom is -0.0654 e. The summed E-state index contributed by atoms with van der Waals surface area (Å²) in [4.78, 5) is 0. The zero-order chi connectivity index (χ0) is 7.23. The average molecular weight is 139 g/mol. The second kappa shape index (κ2) is 4.76. The van der Waals surface area contributed by atoms with Crippen molar-refractivity contribution in [3.63, 3.8) is 0 Å². The fraction of sp³-hybridized carbons (Fsp3) is 0.900. The van der Waals surface area contributed by atoms with Crippen LogP contribution in [-0.2, 0) is 0 Å². The van der Waals surface area contributed by atoms with Crippen molar-refractivity contribution in [2.75, 3.05) is 0 Å². The van der Waals surface area contributed by atoms with Gasteiger partial charge in [0.2, 0.25) is 0 Å². The summed E-state index contributed by atoms with van der Waals surface area (Å²) < 4.78 is 0. The molecule has 0 bridgehead atoms. The molecular formula is C10H19. The molecule has 0 spiro atoms. The molecule has 0 aliphatic heterocycles. The van der Waals surface area contributed by atoms with Crippen LogP contribution in [0.1, 0.15) is 58.3 Å². The minimum atomic E-state index is 1.37. The van der Waals surface area contributed by atoms with E-state index in [1.54, 1.807) is 0 Å². The highest BCUT2D eigenvalue weighted by Gasteiger charge is 2.16. The van der Waals surface area contributed by atoms with Crippen molar-refractivity contribution in [1.82, 2.24) is 0 Å². The molecule has 1 fully saturated rings. The molecule has 0 aromatic heterocycles. The monoisotopic (exact) mass is 139 g/mol. The predicted octanol–water partition coefficient (Wildman–Crippen LogP) is 3.72. The fourth-order valence-electron chi connectivity index (χ4n) is 1.48. The molecule has 10 heavy (non-hydrogen) atoms. The van der Waals surface area contributed by atoms with Crippen LogP contribution in [0.25, 0.3) is 0 Å². The Morgan fingerprint density at radius 2 is 1.90 bits per heavy atom. The zero-order valence-electron chi connectivity index (χ0n) is 7.16. The molecule has 1 aliphatic carbocycles. The van der Waals surface area contributed by atoms with Gasteiger partial charge in [0.25, 0.3) is 0 Å². The molecule has 0 amide bonds. The van der Waals surface area contributed by atoms with Crippen LogP contribution in [0.2, 0.25) is 0 Å². The summed E-state index contributed by atoms with van der Waals surface area (Å²) >= 11 is 0. The maximum atomic E-state index is 2.27. The normalized spacial score (nSPS) is 18.9. The molecule has 0 N–H and O–H groups in total. The summed E-state index contributed by atoms with van der Waals surface area (Å²) in [5.41, 5.74) is 0. The average Bonchev–Trinajstić information content (AvgIpc) is 1.84. The van der Waals surface area contributed by atoms with Crippen molar-refractivity contribution in [2.24, 2.45) is 0 Å². The van der Waals surface area contributed by atoms with E-state index in [1.165, 1.54) is 51.4 Å². The van der Waals surface area contributed by atoms with Crippen LogP contribution in [-0.4, -0.2) is 0 Å². The zero-order valence-corrected chi connectivity index (χ0v) is 7.16. The van der Waals surface area contributed by atoms with E-state index in [1.807, 2.05) is 5.92 Å². The summed E-state index contributed by atoms with van der Waals surface area (Å²) in [5.74, 6) is 1.84. The van der Waals surface area contributed by atoms with Crippen LogP contribution in [0, 0.1) is 5.92 Å². The maximum absolute atomic E-state index is 2.27. The van der Waals surface area contributed by atoms with Gasteiger partial charge in [-0.15, -0.1) is 0 Å². The van der Waals surface area contributed by atoms with Crippen molar-refractivity contribution in [3.8, 4) is 0 Å². The summed E-state index contributed by atoms with van der Waals surface area (Å²) in [6.07, 6.45) is 11.5. The second-order valence-corrected chi connectivity index (χ2v) is 3.41. The quantitative estimate of drug-likeness (QED) is 0.509. The van der Waals surface area contributed by atoms with Gasteiger partial charge in [-0.3, -0.25) is 0 Å². The molecule has 0 heterocycles. The molecule has 0 aromatic rings. The molecule has 59 valence electrons. The van der Waals surface area contributed by atoms with Gasteiger partial charge in [0.05, 0.1) is 0 Å². The Bertz CT molecular complexity index is 72.1. The molecule has 0 heteroatoms. The molecule has 1 aliphatic rings.